The van der Waals surface area contributed by atoms with Crippen LogP contribution in [-0.4, -0.2) is 37.4 Å². The second-order valence-corrected chi connectivity index (χ2v) is 3.32. The Hall–Kier alpha value is -2.77. The van der Waals surface area contributed by atoms with Gasteiger partial charge in [-0.15, -0.1) is 0 Å². The van der Waals surface area contributed by atoms with E-state index in [0.29, 0.717) is 29.0 Å². The number of aromatic nitrogens is 6. The van der Waals surface area contributed by atoms with E-state index in [1.54, 1.807) is 18.3 Å². The molecule has 90 valence electrons. The van der Waals surface area contributed by atoms with Crippen LogP contribution in [0.3, 0.4) is 0 Å². The van der Waals surface area contributed by atoms with E-state index in [4.69, 9.17) is 9.26 Å². The lowest BCUT2D eigenvalue weighted by Crippen LogP contribution is -1.91. The van der Waals surface area contributed by atoms with Gasteiger partial charge in [-0.2, -0.15) is 10.1 Å². The average molecular weight is 244 g/mol. The van der Waals surface area contributed by atoms with E-state index < -0.39 is 0 Å². The molecule has 3 heterocycles. The molecule has 0 fully saturated rings. The van der Waals surface area contributed by atoms with Gasteiger partial charge < -0.3 is 9.26 Å². The Morgan fingerprint density at radius 3 is 3.06 bits per heavy atom. The zero-order valence-corrected chi connectivity index (χ0v) is 9.36. The number of ether oxygens (including phenoxy) is 1. The second-order valence-electron chi connectivity index (χ2n) is 3.32. The van der Waals surface area contributed by atoms with E-state index in [0.717, 1.165) is 0 Å². The van der Waals surface area contributed by atoms with E-state index in [9.17, 15) is 0 Å². The van der Waals surface area contributed by atoms with Crippen LogP contribution in [0, 0.1) is 0 Å². The van der Waals surface area contributed by atoms with Crippen LogP contribution in [0.5, 0.6) is 5.88 Å². The third-order valence-corrected chi connectivity index (χ3v) is 2.25. The molecule has 0 radical (unpaired) electrons. The molecular weight excluding hydrogens is 236 g/mol. The van der Waals surface area contributed by atoms with Crippen LogP contribution in [0.4, 0.5) is 0 Å². The highest BCUT2D eigenvalue weighted by Crippen LogP contribution is 2.26. The summed E-state index contributed by atoms with van der Waals surface area (Å²) in [4.78, 5) is 12.2. The number of nitrogens with one attached hydrogen (secondary N) is 1. The lowest BCUT2D eigenvalue weighted by Gasteiger charge is -2.01. The highest BCUT2D eigenvalue weighted by atomic mass is 16.5. The Bertz CT molecular complexity index is 648. The van der Waals surface area contributed by atoms with Gasteiger partial charge in [0.2, 0.25) is 11.7 Å². The van der Waals surface area contributed by atoms with Crippen LogP contribution in [0.25, 0.3) is 23.1 Å². The van der Waals surface area contributed by atoms with Crippen molar-refractivity contribution in [3.8, 4) is 29.0 Å². The molecule has 3 rings (SSSR count). The maximum atomic E-state index is 5.15. The summed E-state index contributed by atoms with van der Waals surface area (Å²) in [6.45, 7) is 0. The van der Waals surface area contributed by atoms with Crippen LogP contribution < -0.4 is 4.74 Å². The molecule has 1 N–H and O–H groups in total. The topological polar surface area (TPSA) is 103 Å². The predicted octanol–water partition coefficient (Wildman–Crippen LogP) is 0.925. The predicted molar refractivity (Wildman–Crippen MR) is 59.5 cm³/mol. The van der Waals surface area contributed by atoms with Gasteiger partial charge in [0.25, 0.3) is 5.89 Å². The summed E-state index contributed by atoms with van der Waals surface area (Å²) < 4.78 is 10.3. The van der Waals surface area contributed by atoms with Gasteiger partial charge >= 0.3 is 0 Å². The largest absolute Gasteiger partial charge is 0.480 e. The highest BCUT2D eigenvalue weighted by molar-refractivity contribution is 5.61. The molecule has 0 aliphatic rings. The maximum Gasteiger partial charge on any atom is 0.263 e. The van der Waals surface area contributed by atoms with Crippen molar-refractivity contribution in [2.24, 2.45) is 0 Å². The van der Waals surface area contributed by atoms with Crippen molar-refractivity contribution < 1.29 is 9.26 Å². The average Bonchev–Trinajstić information content (AvgIpc) is 3.09. The van der Waals surface area contributed by atoms with Gasteiger partial charge in [0, 0.05) is 6.20 Å². The Labute approximate surface area is 101 Å². The lowest BCUT2D eigenvalue weighted by molar-refractivity contribution is 0.392. The van der Waals surface area contributed by atoms with Gasteiger partial charge in [0.1, 0.15) is 11.9 Å². The molecule has 0 saturated heterocycles. The fraction of sp³-hybridized carbons (Fsp3) is 0.100. The number of pyridine rings is 1. The summed E-state index contributed by atoms with van der Waals surface area (Å²) >= 11 is 0. The number of hydrogen-bond acceptors (Lipinski definition) is 7. The summed E-state index contributed by atoms with van der Waals surface area (Å²) in [6.07, 6.45) is 2.99. The lowest BCUT2D eigenvalue weighted by atomic mass is 10.3. The minimum Gasteiger partial charge on any atom is -0.480 e. The summed E-state index contributed by atoms with van der Waals surface area (Å²) in [5.41, 5.74) is 0.623. The summed E-state index contributed by atoms with van der Waals surface area (Å²) in [5, 5.41) is 10.2. The first-order valence-electron chi connectivity index (χ1n) is 5.07. The summed E-state index contributed by atoms with van der Waals surface area (Å²) in [6, 6.07) is 3.54. The van der Waals surface area contributed by atoms with Gasteiger partial charge in [-0.3, -0.25) is 5.10 Å². The first-order valence-corrected chi connectivity index (χ1v) is 5.07. The van der Waals surface area contributed by atoms with Crippen molar-refractivity contribution in [1.29, 1.82) is 0 Å². The van der Waals surface area contributed by atoms with Crippen LogP contribution in [0.1, 0.15) is 0 Å². The van der Waals surface area contributed by atoms with Crippen molar-refractivity contribution in [3.05, 3.63) is 24.7 Å². The summed E-state index contributed by atoms with van der Waals surface area (Å²) in [7, 11) is 1.53. The molecular formula is C10H8N6O2. The molecule has 8 nitrogen and oxygen atoms in total. The van der Waals surface area contributed by atoms with Crippen LogP contribution in [0.2, 0.25) is 0 Å². The Morgan fingerprint density at radius 2 is 2.28 bits per heavy atom. The first kappa shape index (κ1) is 10.4. The van der Waals surface area contributed by atoms with Crippen molar-refractivity contribution >= 4 is 0 Å². The fourth-order valence-electron chi connectivity index (χ4n) is 1.46. The molecule has 0 unspecified atom stereocenters. The molecule has 0 aliphatic carbocycles. The molecule has 0 aromatic carbocycles. The number of rotatable bonds is 3. The van der Waals surface area contributed by atoms with E-state index >= 15 is 0 Å². The van der Waals surface area contributed by atoms with Gasteiger partial charge in [-0.1, -0.05) is 5.16 Å². The number of nitrogens with zero attached hydrogens (tertiary/aromatic N) is 5. The Kier molecular flexibility index (Phi) is 2.45. The molecule has 0 saturated carbocycles. The first-order chi connectivity index (χ1) is 8.88. The molecule has 0 bridgehead atoms. The molecule has 3 aromatic heterocycles. The van der Waals surface area contributed by atoms with Crippen molar-refractivity contribution in [2.45, 2.75) is 0 Å². The minimum absolute atomic E-state index is 0.311. The van der Waals surface area contributed by atoms with E-state index in [1.165, 1.54) is 13.4 Å². The fourth-order valence-corrected chi connectivity index (χ4v) is 1.46. The van der Waals surface area contributed by atoms with Crippen LogP contribution in [0.15, 0.2) is 29.2 Å². The molecule has 0 atom stereocenters. The van der Waals surface area contributed by atoms with Crippen LogP contribution in [-0.2, 0) is 0 Å². The molecule has 8 heteroatoms. The molecule has 18 heavy (non-hydrogen) atoms. The normalized spacial score (nSPS) is 10.5. The Morgan fingerprint density at radius 1 is 1.33 bits per heavy atom. The summed E-state index contributed by atoms with van der Waals surface area (Å²) in [5.74, 6) is 1.50. The zero-order chi connectivity index (χ0) is 12.4. The van der Waals surface area contributed by atoms with E-state index in [1.807, 2.05) is 0 Å². The number of hydrogen-bond donors (Lipinski definition) is 1. The molecule has 0 spiro atoms. The smallest absolute Gasteiger partial charge is 0.263 e. The highest BCUT2D eigenvalue weighted by Gasteiger charge is 2.16. The SMILES string of the molecule is COc1ncccc1-c1nc(-c2ncn[nH]2)no1. The van der Waals surface area contributed by atoms with Crippen molar-refractivity contribution in [3.63, 3.8) is 0 Å². The standard InChI is InChI=1S/C10H8N6O2/c1-17-9-6(3-2-4-11-9)10-14-8(16-18-10)7-12-5-13-15-7/h2-5H,1H3,(H,12,13,15). The quantitative estimate of drug-likeness (QED) is 0.730. The third kappa shape index (κ3) is 1.69. The second kappa shape index (κ2) is 4.24. The van der Waals surface area contributed by atoms with Crippen LogP contribution >= 0.6 is 0 Å². The van der Waals surface area contributed by atoms with Gasteiger partial charge in [0.15, 0.2) is 5.82 Å². The number of H-pyrrole nitrogens is 1. The maximum absolute atomic E-state index is 5.15. The van der Waals surface area contributed by atoms with Gasteiger partial charge in [-0.25, -0.2) is 9.97 Å². The minimum atomic E-state index is 0.311. The van der Waals surface area contributed by atoms with E-state index in [-0.39, 0.29) is 0 Å². The monoisotopic (exact) mass is 244 g/mol. The Balaban J connectivity index is 2.03. The van der Waals surface area contributed by atoms with Crippen molar-refractivity contribution in [2.75, 3.05) is 7.11 Å². The molecule has 3 aromatic rings. The molecule has 0 aliphatic heterocycles. The number of aromatic amines is 1. The third-order valence-electron chi connectivity index (χ3n) is 2.25. The van der Waals surface area contributed by atoms with Gasteiger partial charge in [-0.05, 0) is 12.1 Å². The zero-order valence-electron chi connectivity index (χ0n) is 9.36. The molecule has 0 amide bonds. The van der Waals surface area contributed by atoms with Crippen molar-refractivity contribution in [1.82, 2.24) is 30.3 Å². The van der Waals surface area contributed by atoms with Gasteiger partial charge in [0.05, 0.1) is 7.11 Å². The number of methoxy groups -OCH3 is 1. The van der Waals surface area contributed by atoms with E-state index in [2.05, 4.69) is 30.3 Å².